The molecule has 0 spiro atoms. The van der Waals surface area contributed by atoms with Crippen molar-refractivity contribution < 1.29 is 31.1 Å². The molecule has 0 unspecified atom stereocenters. The summed E-state index contributed by atoms with van der Waals surface area (Å²) < 4.78 is 72.1. The Hall–Kier alpha value is -3.18. The first-order valence-corrected chi connectivity index (χ1v) is 11.9. The molecule has 34 heavy (non-hydrogen) atoms. The maximum absolute atomic E-state index is 13.4. The lowest BCUT2D eigenvalue weighted by Crippen LogP contribution is -2.41. The van der Waals surface area contributed by atoms with E-state index in [1.54, 1.807) is 18.2 Å². The van der Waals surface area contributed by atoms with Gasteiger partial charge in [0, 0.05) is 23.5 Å². The van der Waals surface area contributed by atoms with Crippen LogP contribution in [-0.4, -0.2) is 43.4 Å². The van der Waals surface area contributed by atoms with Crippen molar-refractivity contribution in [2.75, 3.05) is 13.7 Å². The molecule has 7 nitrogen and oxygen atoms in total. The summed E-state index contributed by atoms with van der Waals surface area (Å²) in [6, 6.07) is 10.1. The van der Waals surface area contributed by atoms with Gasteiger partial charge in [-0.1, -0.05) is 18.2 Å². The molecule has 11 heteroatoms. The van der Waals surface area contributed by atoms with Crippen LogP contribution < -0.4 is 5.56 Å². The number of alkyl halides is 3. The summed E-state index contributed by atoms with van der Waals surface area (Å²) in [7, 11) is -2.70. The standard InChI is InChI=1S/C23H21F3N2O5S/c1-33-22(30)20-3-2-10-28(20)34(31,32)16-7-4-14(5-8-16)11-15-6-9-19-17(12-15)18(23(24,25)26)13-21(29)27-19/h4-9,12-13,20H,2-3,10-11H2,1H3,(H,27,29)/t20-/m1/s1. The molecule has 2 aromatic carbocycles. The number of carbonyl (C=O) groups is 1. The molecule has 0 aliphatic carbocycles. The second-order valence-corrected chi connectivity index (χ2v) is 9.93. The molecule has 2 heterocycles. The van der Waals surface area contributed by atoms with Crippen LogP contribution in [0.25, 0.3) is 10.9 Å². The summed E-state index contributed by atoms with van der Waals surface area (Å²) in [6.07, 6.45) is -3.50. The number of sulfonamides is 1. The highest BCUT2D eigenvalue weighted by Crippen LogP contribution is 2.34. The van der Waals surface area contributed by atoms with Gasteiger partial charge in [0.05, 0.1) is 17.6 Å². The minimum absolute atomic E-state index is 0.0162. The van der Waals surface area contributed by atoms with Gasteiger partial charge in [-0.25, -0.2) is 8.42 Å². The van der Waals surface area contributed by atoms with Gasteiger partial charge in [0.2, 0.25) is 15.6 Å². The summed E-state index contributed by atoms with van der Waals surface area (Å²) in [4.78, 5) is 25.9. The average Bonchev–Trinajstić information content (AvgIpc) is 3.29. The molecule has 0 bridgehead atoms. The topological polar surface area (TPSA) is 96.5 Å². The van der Waals surface area contributed by atoms with E-state index in [4.69, 9.17) is 4.74 Å². The molecule has 0 saturated carbocycles. The lowest BCUT2D eigenvalue weighted by atomic mass is 10.0. The summed E-state index contributed by atoms with van der Waals surface area (Å²) in [5, 5.41) is -0.119. The van der Waals surface area contributed by atoms with E-state index in [1.807, 2.05) is 0 Å². The molecule has 4 rings (SSSR count). The predicted molar refractivity (Wildman–Crippen MR) is 118 cm³/mol. The number of carbonyl (C=O) groups excluding carboxylic acids is 1. The van der Waals surface area contributed by atoms with Gasteiger partial charge in [-0.05, 0) is 54.7 Å². The average molecular weight is 494 g/mol. The third-order valence-electron chi connectivity index (χ3n) is 5.83. The number of fused-ring (bicyclic) bond motifs is 1. The highest BCUT2D eigenvalue weighted by atomic mass is 32.2. The highest BCUT2D eigenvalue weighted by Gasteiger charge is 2.40. The molecule has 1 aromatic heterocycles. The molecule has 1 N–H and O–H groups in total. The van der Waals surface area contributed by atoms with E-state index in [0.717, 1.165) is 4.31 Å². The number of esters is 1. The first-order chi connectivity index (χ1) is 16.0. The van der Waals surface area contributed by atoms with Crippen LogP contribution in [0.3, 0.4) is 0 Å². The molecule has 1 fully saturated rings. The molecular formula is C23H21F3N2O5S. The number of aromatic nitrogens is 1. The second kappa shape index (κ2) is 8.88. The van der Waals surface area contributed by atoms with Gasteiger partial charge in [-0.15, -0.1) is 0 Å². The van der Waals surface area contributed by atoms with E-state index >= 15 is 0 Å². The van der Waals surface area contributed by atoms with Crippen LogP contribution in [0, 0.1) is 0 Å². The second-order valence-electron chi connectivity index (χ2n) is 8.04. The third-order valence-corrected chi connectivity index (χ3v) is 7.75. The van der Waals surface area contributed by atoms with Gasteiger partial charge in [-0.2, -0.15) is 17.5 Å². The number of pyridine rings is 1. The number of nitrogens with zero attached hydrogens (tertiary/aromatic N) is 1. The number of H-pyrrole nitrogens is 1. The van der Waals surface area contributed by atoms with E-state index in [0.29, 0.717) is 30.0 Å². The molecule has 0 amide bonds. The third kappa shape index (κ3) is 4.58. The number of nitrogens with one attached hydrogen (secondary N) is 1. The normalized spacial score (nSPS) is 17.2. The number of methoxy groups -OCH3 is 1. The van der Waals surface area contributed by atoms with Gasteiger partial charge in [-0.3, -0.25) is 9.59 Å². The van der Waals surface area contributed by atoms with Crippen molar-refractivity contribution in [2.24, 2.45) is 0 Å². The first kappa shape index (κ1) is 24.0. The van der Waals surface area contributed by atoms with Crippen molar-refractivity contribution in [3.8, 4) is 0 Å². The zero-order valence-electron chi connectivity index (χ0n) is 18.1. The maximum Gasteiger partial charge on any atom is 0.417 e. The molecular weight excluding hydrogens is 473 g/mol. The van der Waals surface area contributed by atoms with E-state index in [-0.39, 0.29) is 28.8 Å². The van der Waals surface area contributed by atoms with Crippen LogP contribution in [0.5, 0.6) is 0 Å². The molecule has 1 aliphatic rings. The van der Waals surface area contributed by atoms with E-state index in [1.165, 1.54) is 31.4 Å². The van der Waals surface area contributed by atoms with Crippen molar-refractivity contribution in [1.29, 1.82) is 0 Å². The number of halogens is 3. The van der Waals surface area contributed by atoms with Crippen LogP contribution in [0.4, 0.5) is 13.2 Å². The lowest BCUT2D eigenvalue weighted by molar-refractivity contribution is -0.144. The van der Waals surface area contributed by atoms with Crippen molar-refractivity contribution in [2.45, 2.75) is 36.4 Å². The van der Waals surface area contributed by atoms with Crippen LogP contribution >= 0.6 is 0 Å². The van der Waals surface area contributed by atoms with E-state index in [2.05, 4.69) is 4.98 Å². The van der Waals surface area contributed by atoms with Crippen LogP contribution in [0.2, 0.25) is 0 Å². The summed E-state index contributed by atoms with van der Waals surface area (Å²) >= 11 is 0. The number of benzene rings is 2. The SMILES string of the molecule is COC(=O)[C@H]1CCCN1S(=O)(=O)c1ccc(Cc2ccc3[nH]c(=O)cc(C(F)(F)F)c3c2)cc1. The quantitative estimate of drug-likeness (QED) is 0.548. The molecule has 1 atom stereocenters. The van der Waals surface area contributed by atoms with Gasteiger partial charge < -0.3 is 9.72 Å². The number of hydrogen-bond acceptors (Lipinski definition) is 5. The molecule has 0 radical (unpaired) electrons. The maximum atomic E-state index is 13.4. The molecule has 1 saturated heterocycles. The van der Waals surface area contributed by atoms with Crippen molar-refractivity contribution in [3.63, 3.8) is 0 Å². The van der Waals surface area contributed by atoms with Crippen molar-refractivity contribution >= 4 is 26.9 Å². The lowest BCUT2D eigenvalue weighted by Gasteiger charge is -2.22. The number of ether oxygens (including phenoxy) is 1. The fraction of sp³-hybridized carbons (Fsp3) is 0.304. The summed E-state index contributed by atoms with van der Waals surface area (Å²) in [5.41, 5.74) is -0.527. The first-order valence-electron chi connectivity index (χ1n) is 10.4. The van der Waals surface area contributed by atoms with Gasteiger partial charge in [0.1, 0.15) is 6.04 Å². The van der Waals surface area contributed by atoms with Gasteiger partial charge in [0.25, 0.3) is 0 Å². The Morgan fingerprint density at radius 3 is 2.44 bits per heavy atom. The van der Waals surface area contributed by atoms with Crippen LogP contribution in [0.15, 0.2) is 58.2 Å². The fourth-order valence-electron chi connectivity index (χ4n) is 4.20. The smallest absolute Gasteiger partial charge is 0.417 e. The molecule has 3 aromatic rings. The van der Waals surface area contributed by atoms with Gasteiger partial charge in [0.15, 0.2) is 0 Å². The Balaban J connectivity index is 1.60. The number of hydrogen-bond donors (Lipinski definition) is 1. The largest absolute Gasteiger partial charge is 0.468 e. The zero-order valence-corrected chi connectivity index (χ0v) is 18.9. The van der Waals surface area contributed by atoms with Crippen LogP contribution in [-0.2, 0) is 32.2 Å². The minimum atomic E-state index is -4.68. The number of rotatable bonds is 5. The summed E-state index contributed by atoms with van der Waals surface area (Å²) in [5.74, 6) is -0.603. The van der Waals surface area contributed by atoms with E-state index < -0.39 is 39.3 Å². The Bertz CT molecular complexity index is 1400. The Kier molecular flexibility index (Phi) is 6.26. The molecule has 1 aliphatic heterocycles. The van der Waals surface area contributed by atoms with Crippen molar-refractivity contribution in [1.82, 2.24) is 9.29 Å². The summed E-state index contributed by atoms with van der Waals surface area (Å²) in [6.45, 7) is 0.213. The monoisotopic (exact) mass is 494 g/mol. The predicted octanol–water partition coefficient (Wildman–Crippen LogP) is 3.46. The Morgan fingerprint density at radius 1 is 1.12 bits per heavy atom. The fourth-order valence-corrected chi connectivity index (χ4v) is 5.84. The Morgan fingerprint density at radius 2 is 1.79 bits per heavy atom. The zero-order chi connectivity index (χ0) is 24.7. The van der Waals surface area contributed by atoms with E-state index in [9.17, 15) is 31.2 Å². The number of aromatic amines is 1. The van der Waals surface area contributed by atoms with Gasteiger partial charge >= 0.3 is 12.1 Å². The molecule has 180 valence electrons. The van der Waals surface area contributed by atoms with Crippen molar-refractivity contribution in [3.05, 3.63) is 75.6 Å². The van der Waals surface area contributed by atoms with Crippen LogP contribution in [0.1, 0.15) is 29.5 Å². The highest BCUT2D eigenvalue weighted by molar-refractivity contribution is 7.89. The minimum Gasteiger partial charge on any atom is -0.468 e. The Labute approximate surface area is 193 Å².